The number of anilines is 2. The van der Waals surface area contributed by atoms with Crippen LogP contribution >= 0.6 is 11.3 Å². The van der Waals surface area contributed by atoms with E-state index >= 15 is 0 Å². The smallest absolute Gasteiger partial charge is 0.324 e. The second-order valence-corrected chi connectivity index (χ2v) is 8.86. The number of amides is 3. The van der Waals surface area contributed by atoms with Crippen LogP contribution < -0.4 is 21.1 Å². The summed E-state index contributed by atoms with van der Waals surface area (Å²) in [6.45, 7) is -0.472. The van der Waals surface area contributed by atoms with Gasteiger partial charge in [0.15, 0.2) is 0 Å². The van der Waals surface area contributed by atoms with Gasteiger partial charge in [-0.25, -0.2) is 22.9 Å². The zero-order chi connectivity index (χ0) is 20.9. The molecule has 11 heteroatoms. The highest BCUT2D eigenvalue weighted by Crippen LogP contribution is 2.32. The van der Waals surface area contributed by atoms with Crippen molar-refractivity contribution in [2.75, 3.05) is 17.2 Å². The van der Waals surface area contributed by atoms with Crippen molar-refractivity contribution in [1.82, 2.24) is 9.71 Å². The fourth-order valence-electron chi connectivity index (χ4n) is 2.32. The minimum absolute atomic E-state index is 0.0556. The molecule has 0 saturated carbocycles. The van der Waals surface area contributed by atoms with E-state index in [4.69, 9.17) is 5.73 Å². The number of nitrogens with zero attached hydrogens (tertiary/aromatic N) is 1. The number of urea groups is 1. The monoisotopic (exact) mass is 431 g/mol. The highest BCUT2D eigenvalue weighted by molar-refractivity contribution is 7.91. The molecule has 0 bridgehead atoms. The maximum absolute atomic E-state index is 12.2. The van der Waals surface area contributed by atoms with Crippen LogP contribution in [0.25, 0.3) is 10.4 Å². The second kappa shape index (κ2) is 8.82. The molecule has 2 heterocycles. The first-order valence-corrected chi connectivity index (χ1v) is 10.6. The van der Waals surface area contributed by atoms with Gasteiger partial charge in [0.1, 0.15) is 10.0 Å². The van der Waals surface area contributed by atoms with Crippen LogP contribution in [0.15, 0.2) is 65.0 Å². The Morgan fingerprint density at radius 1 is 1.03 bits per heavy atom. The number of pyridine rings is 1. The Bertz CT molecular complexity index is 1130. The largest absolute Gasteiger partial charge is 0.369 e. The standard InChI is InChI=1S/C18H17N5O4S2/c19-15(24)11-21-29(26,27)17-8-7-14(28-17)12-4-3-5-13(10-12)22-18(25)23-16-6-1-2-9-20-16/h1-10,21H,11H2,(H2,19,24)(H2,20,22,23,25). The first-order chi connectivity index (χ1) is 13.8. The number of rotatable bonds is 7. The molecule has 3 aromatic rings. The number of aromatic nitrogens is 1. The van der Waals surface area contributed by atoms with Crippen molar-refractivity contribution in [3.8, 4) is 10.4 Å². The van der Waals surface area contributed by atoms with Gasteiger partial charge in [-0.05, 0) is 42.0 Å². The summed E-state index contributed by atoms with van der Waals surface area (Å²) < 4.78 is 26.6. The predicted molar refractivity (Wildman–Crippen MR) is 111 cm³/mol. The van der Waals surface area contributed by atoms with Crippen LogP contribution in [-0.4, -0.2) is 31.9 Å². The van der Waals surface area contributed by atoms with Crippen molar-refractivity contribution >= 4 is 44.8 Å². The highest BCUT2D eigenvalue weighted by atomic mass is 32.2. The van der Waals surface area contributed by atoms with E-state index in [-0.39, 0.29) is 4.21 Å². The van der Waals surface area contributed by atoms with Gasteiger partial charge >= 0.3 is 6.03 Å². The number of benzene rings is 1. The molecule has 1 aromatic carbocycles. The third-order valence-corrected chi connectivity index (χ3v) is 6.62. The number of primary amides is 1. The van der Waals surface area contributed by atoms with Gasteiger partial charge in [0.2, 0.25) is 5.91 Å². The summed E-state index contributed by atoms with van der Waals surface area (Å²) in [6, 6.07) is 14.8. The maximum atomic E-state index is 12.2. The molecule has 3 amide bonds. The minimum Gasteiger partial charge on any atom is -0.369 e. The van der Waals surface area contributed by atoms with E-state index in [0.29, 0.717) is 16.4 Å². The Kier molecular flexibility index (Phi) is 6.22. The Balaban J connectivity index is 1.72. The van der Waals surface area contributed by atoms with Gasteiger partial charge in [-0.2, -0.15) is 0 Å². The van der Waals surface area contributed by atoms with Crippen LogP contribution in [0.3, 0.4) is 0 Å². The molecule has 9 nitrogen and oxygen atoms in total. The summed E-state index contributed by atoms with van der Waals surface area (Å²) in [4.78, 5) is 27.6. The molecule has 0 aliphatic rings. The number of carbonyl (C=O) groups is 2. The molecule has 0 saturated heterocycles. The van der Waals surface area contributed by atoms with Crippen molar-refractivity contribution in [2.24, 2.45) is 5.73 Å². The topological polar surface area (TPSA) is 143 Å². The Labute approximate surface area is 171 Å². The SMILES string of the molecule is NC(=O)CNS(=O)(=O)c1ccc(-c2cccc(NC(=O)Nc3ccccn3)c2)s1. The first-order valence-electron chi connectivity index (χ1n) is 8.31. The average molecular weight is 431 g/mol. The summed E-state index contributed by atoms with van der Waals surface area (Å²) in [5, 5.41) is 5.32. The molecule has 0 fully saturated rings. The number of carbonyl (C=O) groups excluding carboxylic acids is 2. The minimum atomic E-state index is -3.83. The number of nitrogens with two attached hydrogens (primary N) is 1. The molecular formula is C18H17N5O4S2. The number of thiophene rings is 1. The van der Waals surface area contributed by atoms with Crippen molar-refractivity contribution < 1.29 is 18.0 Å². The maximum Gasteiger partial charge on any atom is 0.324 e. The zero-order valence-corrected chi connectivity index (χ0v) is 16.6. The molecule has 2 aromatic heterocycles. The van der Waals surface area contributed by atoms with E-state index in [0.717, 1.165) is 16.9 Å². The quantitative estimate of drug-likeness (QED) is 0.453. The van der Waals surface area contributed by atoms with Crippen LogP contribution in [0.4, 0.5) is 16.3 Å². The van der Waals surface area contributed by atoms with Gasteiger partial charge in [-0.15, -0.1) is 11.3 Å². The highest BCUT2D eigenvalue weighted by Gasteiger charge is 2.18. The molecule has 150 valence electrons. The van der Waals surface area contributed by atoms with E-state index in [9.17, 15) is 18.0 Å². The lowest BCUT2D eigenvalue weighted by atomic mass is 10.1. The number of nitrogens with one attached hydrogen (secondary N) is 3. The molecule has 0 unspecified atom stereocenters. The normalized spacial score (nSPS) is 11.0. The van der Waals surface area contributed by atoms with Crippen molar-refractivity contribution in [3.63, 3.8) is 0 Å². The summed E-state index contributed by atoms with van der Waals surface area (Å²) in [6.07, 6.45) is 1.57. The summed E-state index contributed by atoms with van der Waals surface area (Å²) in [5.74, 6) is -0.356. The molecule has 29 heavy (non-hydrogen) atoms. The Hall–Kier alpha value is -3.28. The van der Waals surface area contributed by atoms with E-state index in [2.05, 4.69) is 20.3 Å². The average Bonchev–Trinajstić information content (AvgIpc) is 3.19. The molecule has 0 radical (unpaired) electrons. The van der Waals surface area contributed by atoms with Gasteiger partial charge in [0.25, 0.3) is 10.0 Å². The van der Waals surface area contributed by atoms with Crippen LogP contribution in [0.5, 0.6) is 0 Å². The Morgan fingerprint density at radius 3 is 2.59 bits per heavy atom. The van der Waals surface area contributed by atoms with Crippen LogP contribution in [-0.2, 0) is 14.8 Å². The lowest BCUT2D eigenvalue weighted by molar-refractivity contribution is -0.116. The second-order valence-electron chi connectivity index (χ2n) is 5.78. The van der Waals surface area contributed by atoms with Gasteiger partial charge in [-0.1, -0.05) is 18.2 Å². The van der Waals surface area contributed by atoms with E-state index in [1.807, 2.05) is 0 Å². The summed E-state index contributed by atoms with van der Waals surface area (Å²) >= 11 is 1.03. The third-order valence-electron chi connectivity index (χ3n) is 3.59. The first kappa shape index (κ1) is 20.5. The fraction of sp³-hybridized carbons (Fsp3) is 0.0556. The summed E-state index contributed by atoms with van der Waals surface area (Å²) in [5.41, 5.74) is 6.23. The molecule has 3 rings (SSSR count). The predicted octanol–water partition coefficient (Wildman–Crippen LogP) is 2.22. The van der Waals surface area contributed by atoms with Gasteiger partial charge < -0.3 is 11.1 Å². The number of hydrogen-bond donors (Lipinski definition) is 4. The molecule has 0 aliphatic carbocycles. The van der Waals surface area contributed by atoms with Crippen LogP contribution in [0, 0.1) is 0 Å². The number of sulfonamides is 1. The fourth-order valence-corrected chi connectivity index (χ4v) is 4.66. The van der Waals surface area contributed by atoms with Crippen molar-refractivity contribution in [3.05, 3.63) is 60.8 Å². The molecular weight excluding hydrogens is 414 g/mol. The van der Waals surface area contributed by atoms with Crippen LogP contribution in [0.2, 0.25) is 0 Å². The van der Waals surface area contributed by atoms with Crippen molar-refractivity contribution in [2.45, 2.75) is 4.21 Å². The molecule has 0 aliphatic heterocycles. The third kappa shape index (κ3) is 5.60. The van der Waals surface area contributed by atoms with Gasteiger partial charge in [-0.3, -0.25) is 10.1 Å². The van der Waals surface area contributed by atoms with Gasteiger partial charge in [0.05, 0.1) is 6.54 Å². The van der Waals surface area contributed by atoms with E-state index in [1.54, 1.807) is 54.7 Å². The zero-order valence-electron chi connectivity index (χ0n) is 15.0. The van der Waals surface area contributed by atoms with Gasteiger partial charge in [0, 0.05) is 16.8 Å². The summed E-state index contributed by atoms with van der Waals surface area (Å²) in [7, 11) is -3.83. The lowest BCUT2D eigenvalue weighted by Gasteiger charge is -2.08. The Morgan fingerprint density at radius 2 is 1.86 bits per heavy atom. The number of hydrogen-bond acceptors (Lipinski definition) is 6. The lowest BCUT2D eigenvalue weighted by Crippen LogP contribution is -2.32. The van der Waals surface area contributed by atoms with E-state index < -0.39 is 28.5 Å². The molecule has 5 N–H and O–H groups in total. The molecule has 0 atom stereocenters. The van der Waals surface area contributed by atoms with Crippen LogP contribution in [0.1, 0.15) is 0 Å². The molecule has 0 spiro atoms. The van der Waals surface area contributed by atoms with E-state index in [1.165, 1.54) is 6.07 Å². The van der Waals surface area contributed by atoms with Crippen molar-refractivity contribution in [1.29, 1.82) is 0 Å².